The highest BCUT2D eigenvalue weighted by molar-refractivity contribution is 5.81. The highest BCUT2D eigenvalue weighted by Crippen LogP contribution is 2.65. The Morgan fingerprint density at radius 3 is 2.41 bits per heavy atom. The molecule has 5 nitrogen and oxygen atoms in total. The van der Waals surface area contributed by atoms with Crippen LogP contribution < -0.4 is 5.32 Å². The Morgan fingerprint density at radius 1 is 1.07 bits per heavy atom. The van der Waals surface area contributed by atoms with Gasteiger partial charge in [-0.1, -0.05) is 34.6 Å². The second-order valence-electron chi connectivity index (χ2n) is 11.9. The Morgan fingerprint density at radius 2 is 1.76 bits per heavy atom. The van der Waals surface area contributed by atoms with E-state index in [2.05, 4.69) is 19.2 Å². The maximum atomic E-state index is 12.7. The Kier molecular flexibility index (Phi) is 4.90. The van der Waals surface area contributed by atoms with Crippen LogP contribution in [0.1, 0.15) is 86.0 Å². The molecule has 0 aliphatic heterocycles. The maximum absolute atomic E-state index is 12.7. The van der Waals surface area contributed by atoms with Crippen molar-refractivity contribution in [3.63, 3.8) is 0 Å². The third-order valence-corrected chi connectivity index (χ3v) is 9.48. The first-order chi connectivity index (χ1) is 13.5. The molecule has 0 radical (unpaired) electrons. The van der Waals surface area contributed by atoms with Gasteiger partial charge < -0.3 is 5.32 Å². The minimum absolute atomic E-state index is 0.164. The smallest absolute Gasteiger partial charge is 0.242 e. The van der Waals surface area contributed by atoms with Gasteiger partial charge in [0, 0.05) is 17.9 Å². The quantitative estimate of drug-likeness (QED) is 0.501. The van der Waals surface area contributed by atoms with Crippen LogP contribution in [0.25, 0.3) is 0 Å². The van der Waals surface area contributed by atoms with Crippen LogP contribution in [0.5, 0.6) is 0 Å². The zero-order chi connectivity index (χ0) is 21.2. The van der Waals surface area contributed by atoms with Crippen LogP contribution in [-0.4, -0.2) is 16.9 Å². The summed E-state index contributed by atoms with van der Waals surface area (Å²) >= 11 is 0. The lowest BCUT2D eigenvalue weighted by Gasteiger charge is -2.59. The Balaban J connectivity index is 1.54. The van der Waals surface area contributed by atoms with E-state index < -0.39 is 0 Å². The van der Waals surface area contributed by atoms with E-state index in [1.54, 1.807) is 0 Å². The van der Waals surface area contributed by atoms with Crippen LogP contribution in [0.3, 0.4) is 0 Å². The van der Waals surface area contributed by atoms with Gasteiger partial charge in [-0.2, -0.15) is 0 Å². The topological polar surface area (TPSA) is 72.2 Å². The van der Waals surface area contributed by atoms with E-state index in [1.807, 2.05) is 26.8 Å². The number of allylic oxidation sites excluding steroid dienone is 2. The van der Waals surface area contributed by atoms with Crippen LogP contribution in [0, 0.1) is 50.0 Å². The molecule has 29 heavy (non-hydrogen) atoms. The summed E-state index contributed by atoms with van der Waals surface area (Å²) in [4.78, 5) is 23.8. The van der Waals surface area contributed by atoms with E-state index in [4.69, 9.17) is 0 Å². The van der Waals surface area contributed by atoms with Gasteiger partial charge in [-0.25, -0.2) is 0 Å². The van der Waals surface area contributed by atoms with Gasteiger partial charge in [0.1, 0.15) is 0 Å². The van der Waals surface area contributed by atoms with E-state index in [0.717, 1.165) is 19.3 Å². The van der Waals surface area contributed by atoms with E-state index in [0.29, 0.717) is 35.8 Å². The van der Waals surface area contributed by atoms with E-state index in [-0.39, 0.29) is 33.1 Å². The summed E-state index contributed by atoms with van der Waals surface area (Å²) in [7, 11) is 0. The fraction of sp³-hybridized carbons (Fsp3) is 0.875. The number of carbonyl (C=O) groups is 1. The summed E-state index contributed by atoms with van der Waals surface area (Å²) in [6.07, 6.45) is 10.5. The molecule has 3 saturated carbocycles. The number of nitrogens with zero attached hydrogens (tertiary/aromatic N) is 1. The lowest BCUT2D eigenvalue weighted by molar-refractivity contribution is -0.430. The molecule has 0 spiro atoms. The molecule has 162 valence electrons. The monoisotopic (exact) mass is 402 g/mol. The molecule has 2 unspecified atom stereocenters. The molecule has 3 fully saturated rings. The number of hydrogen-bond acceptors (Lipinski definition) is 3. The average molecular weight is 403 g/mol. The number of carbonyl (C=O) groups excluding carboxylic acids is 1. The molecule has 5 heteroatoms. The molecule has 1 amide bonds. The number of rotatable bonds is 2. The lowest BCUT2D eigenvalue weighted by Crippen LogP contribution is -2.56. The average Bonchev–Trinajstić information content (AvgIpc) is 2.96. The normalized spacial score (nSPS) is 44.2. The molecule has 4 aliphatic carbocycles. The molecule has 7 atom stereocenters. The summed E-state index contributed by atoms with van der Waals surface area (Å²) in [6, 6.07) is 0.290. The van der Waals surface area contributed by atoms with Gasteiger partial charge in [-0.3, -0.25) is 14.9 Å². The highest BCUT2D eigenvalue weighted by Gasteiger charge is 2.60. The van der Waals surface area contributed by atoms with Crippen LogP contribution in [-0.2, 0) is 4.79 Å². The van der Waals surface area contributed by atoms with Crippen molar-refractivity contribution >= 4 is 5.91 Å². The van der Waals surface area contributed by atoms with E-state index in [9.17, 15) is 14.9 Å². The fourth-order valence-electron chi connectivity index (χ4n) is 7.61. The Labute approximate surface area is 175 Å². The van der Waals surface area contributed by atoms with Crippen molar-refractivity contribution in [2.45, 2.75) is 92.0 Å². The second kappa shape index (κ2) is 6.81. The molecule has 0 bridgehead atoms. The molecule has 0 aromatic rings. The molecule has 4 rings (SSSR count). The first-order valence-corrected chi connectivity index (χ1v) is 11.6. The van der Waals surface area contributed by atoms with E-state index >= 15 is 0 Å². The summed E-state index contributed by atoms with van der Waals surface area (Å²) < 4.78 is 0. The van der Waals surface area contributed by atoms with Crippen molar-refractivity contribution in [3.8, 4) is 0 Å². The van der Waals surface area contributed by atoms with Gasteiger partial charge >= 0.3 is 0 Å². The van der Waals surface area contributed by atoms with Gasteiger partial charge in [0.25, 0.3) is 0 Å². The standard InChI is InChI=1S/C24H38N2O3/c1-22(2,3)21(27)25-20-9-8-18-17-7-6-15-14-16(26(28)29)10-12-23(15,4)19(17)11-13-24(18,20)5/h14-15,17-20H,6-13H2,1-5H3,(H,25,27)/t15?,17-,18-,19+,20?,23-,24-/m0/s1. The molecule has 1 N–H and O–H groups in total. The maximum Gasteiger partial charge on any atom is 0.242 e. The highest BCUT2D eigenvalue weighted by atomic mass is 16.6. The first kappa shape index (κ1) is 20.9. The lowest BCUT2D eigenvalue weighted by atomic mass is 9.46. The zero-order valence-corrected chi connectivity index (χ0v) is 18.8. The number of nitrogens with one attached hydrogen (secondary N) is 1. The summed E-state index contributed by atoms with van der Waals surface area (Å²) in [6.45, 7) is 10.8. The van der Waals surface area contributed by atoms with Crippen molar-refractivity contribution in [1.82, 2.24) is 5.32 Å². The predicted octanol–water partition coefficient (Wildman–Crippen LogP) is 5.33. The van der Waals surface area contributed by atoms with Gasteiger partial charge in [-0.05, 0) is 85.5 Å². The molecular weight excluding hydrogens is 364 g/mol. The zero-order valence-electron chi connectivity index (χ0n) is 18.8. The number of nitro groups is 1. The molecule has 0 aromatic carbocycles. The SMILES string of the molecule is CC(C)(C)C(=O)NC1CC[C@H]2[C@@H]3CCC4C=C([N+](=O)[O-])CC[C@]4(C)[C@@H]3CC[C@]12C. The number of hydrogen-bond donors (Lipinski definition) is 1. The Bertz CT molecular complexity index is 739. The molecule has 0 aromatic heterocycles. The summed E-state index contributed by atoms with van der Waals surface area (Å²) in [5, 5.41) is 14.7. The van der Waals surface area contributed by atoms with Gasteiger partial charge in [0.15, 0.2) is 0 Å². The fourth-order valence-corrected chi connectivity index (χ4v) is 7.61. The largest absolute Gasteiger partial charge is 0.352 e. The molecule has 4 aliphatic rings. The molecule has 0 saturated heterocycles. The van der Waals surface area contributed by atoms with Crippen molar-refractivity contribution in [2.24, 2.45) is 39.9 Å². The van der Waals surface area contributed by atoms with Crippen molar-refractivity contribution in [3.05, 3.63) is 21.9 Å². The molecular formula is C24H38N2O3. The van der Waals surface area contributed by atoms with E-state index in [1.165, 1.54) is 25.7 Å². The van der Waals surface area contributed by atoms with Gasteiger partial charge in [0.2, 0.25) is 11.6 Å². The number of fused-ring (bicyclic) bond motifs is 5. The number of amides is 1. The van der Waals surface area contributed by atoms with Crippen molar-refractivity contribution < 1.29 is 9.72 Å². The third-order valence-electron chi connectivity index (χ3n) is 9.48. The Hall–Kier alpha value is -1.39. The van der Waals surface area contributed by atoms with Crippen LogP contribution in [0.4, 0.5) is 0 Å². The van der Waals surface area contributed by atoms with Gasteiger partial charge in [-0.15, -0.1) is 0 Å². The van der Waals surface area contributed by atoms with Gasteiger partial charge in [0.05, 0.1) is 4.92 Å². The van der Waals surface area contributed by atoms with Crippen molar-refractivity contribution in [2.75, 3.05) is 0 Å². The van der Waals surface area contributed by atoms with Crippen LogP contribution >= 0.6 is 0 Å². The third kappa shape index (κ3) is 3.23. The minimum Gasteiger partial charge on any atom is -0.352 e. The van der Waals surface area contributed by atoms with Crippen LogP contribution in [0.2, 0.25) is 0 Å². The molecule has 0 heterocycles. The summed E-state index contributed by atoms with van der Waals surface area (Å²) in [5.74, 6) is 2.58. The minimum atomic E-state index is -0.347. The van der Waals surface area contributed by atoms with Crippen LogP contribution in [0.15, 0.2) is 11.8 Å². The summed E-state index contributed by atoms with van der Waals surface area (Å²) in [5.41, 5.74) is 0.496. The second-order valence-corrected chi connectivity index (χ2v) is 11.9. The first-order valence-electron chi connectivity index (χ1n) is 11.6. The predicted molar refractivity (Wildman–Crippen MR) is 114 cm³/mol. The van der Waals surface area contributed by atoms with Crippen molar-refractivity contribution in [1.29, 1.82) is 0 Å².